The molecule has 180 valence electrons. The largest absolute Gasteiger partial charge is 0.383 e. The van der Waals surface area contributed by atoms with E-state index in [1.54, 1.807) is 29.8 Å². The minimum Gasteiger partial charge on any atom is -0.383 e. The van der Waals surface area contributed by atoms with Gasteiger partial charge in [0.25, 0.3) is 11.8 Å². The molecule has 1 aliphatic heterocycles. The Labute approximate surface area is 201 Å². The third-order valence-corrected chi connectivity index (χ3v) is 6.48. The van der Waals surface area contributed by atoms with Crippen LogP contribution in [0.3, 0.4) is 0 Å². The Kier molecular flexibility index (Phi) is 7.63. The predicted octanol–water partition coefficient (Wildman–Crippen LogP) is 4.15. The van der Waals surface area contributed by atoms with E-state index in [1.807, 2.05) is 29.2 Å². The zero-order valence-electron chi connectivity index (χ0n) is 20.2. The molecule has 0 aliphatic carbocycles. The number of carbonyl (C=O) groups excluding carboxylic acids is 2. The maximum atomic E-state index is 13.2. The molecule has 1 aliphatic rings. The number of hydrogen-bond donors (Lipinski definition) is 1. The van der Waals surface area contributed by atoms with Crippen molar-refractivity contribution < 1.29 is 14.3 Å². The molecule has 1 N–H and O–H groups in total. The average Bonchev–Trinajstić information content (AvgIpc) is 3.48. The van der Waals surface area contributed by atoms with Gasteiger partial charge in [-0.15, -0.1) is 0 Å². The summed E-state index contributed by atoms with van der Waals surface area (Å²) >= 11 is 0. The average molecular weight is 463 g/mol. The molecule has 4 rings (SSSR count). The Balaban J connectivity index is 1.52. The van der Waals surface area contributed by atoms with Crippen molar-refractivity contribution in [2.45, 2.75) is 45.1 Å². The fraction of sp³-hybridized carbons (Fsp3) is 0.444. The minimum atomic E-state index is -0.176. The van der Waals surface area contributed by atoms with Crippen LogP contribution >= 0.6 is 0 Å². The van der Waals surface area contributed by atoms with Crippen molar-refractivity contribution in [1.82, 2.24) is 19.6 Å². The van der Waals surface area contributed by atoms with Gasteiger partial charge in [0.05, 0.1) is 12.6 Å². The lowest BCUT2D eigenvalue weighted by molar-refractivity contribution is 0.0625. The van der Waals surface area contributed by atoms with Crippen molar-refractivity contribution in [3.8, 4) is 0 Å². The van der Waals surface area contributed by atoms with Crippen LogP contribution in [0.5, 0.6) is 0 Å². The number of nitrogens with one attached hydrogen (secondary N) is 1. The molecular formula is C27H34N4O3. The van der Waals surface area contributed by atoms with Crippen LogP contribution in [0.4, 0.5) is 0 Å². The van der Waals surface area contributed by atoms with Crippen LogP contribution in [0, 0.1) is 5.92 Å². The van der Waals surface area contributed by atoms with Crippen molar-refractivity contribution in [3.05, 3.63) is 71.7 Å². The molecule has 1 aromatic carbocycles. The van der Waals surface area contributed by atoms with Crippen LogP contribution in [0.2, 0.25) is 0 Å². The van der Waals surface area contributed by atoms with Crippen molar-refractivity contribution in [3.63, 3.8) is 0 Å². The van der Waals surface area contributed by atoms with Crippen molar-refractivity contribution in [2.24, 2.45) is 5.92 Å². The van der Waals surface area contributed by atoms with Crippen molar-refractivity contribution >= 4 is 17.5 Å². The fourth-order valence-corrected chi connectivity index (χ4v) is 4.85. The Bertz CT molecular complexity index is 1130. The van der Waals surface area contributed by atoms with Gasteiger partial charge in [0.2, 0.25) is 0 Å². The SMILES string of the molecule is COC[C@@H]1CCCN1C(=O)c1cn2c(C(=O)NCC(CC(C)C)c3ccccc3)cccc2n1. The Morgan fingerprint density at radius 2 is 1.94 bits per heavy atom. The van der Waals surface area contributed by atoms with Gasteiger partial charge in [-0.05, 0) is 42.9 Å². The zero-order chi connectivity index (χ0) is 24.1. The molecule has 2 aromatic heterocycles. The zero-order valence-corrected chi connectivity index (χ0v) is 20.2. The second kappa shape index (κ2) is 10.8. The van der Waals surface area contributed by atoms with E-state index in [0.717, 1.165) is 19.3 Å². The number of imidazole rings is 1. The number of amides is 2. The molecule has 1 unspecified atom stereocenters. The summed E-state index contributed by atoms with van der Waals surface area (Å²) in [5, 5.41) is 3.11. The second-order valence-electron chi connectivity index (χ2n) is 9.46. The first-order valence-electron chi connectivity index (χ1n) is 12.1. The highest BCUT2D eigenvalue weighted by atomic mass is 16.5. The summed E-state index contributed by atoms with van der Waals surface area (Å²) in [6, 6.07) is 15.8. The normalized spacial score (nSPS) is 16.8. The van der Waals surface area contributed by atoms with E-state index in [4.69, 9.17) is 4.74 Å². The molecule has 34 heavy (non-hydrogen) atoms. The smallest absolute Gasteiger partial charge is 0.274 e. The van der Waals surface area contributed by atoms with Gasteiger partial charge in [-0.3, -0.25) is 14.0 Å². The summed E-state index contributed by atoms with van der Waals surface area (Å²) in [6.07, 6.45) is 4.55. The third-order valence-electron chi connectivity index (χ3n) is 6.48. The first-order chi connectivity index (χ1) is 16.5. The number of benzene rings is 1. The molecule has 0 saturated carbocycles. The monoisotopic (exact) mass is 462 g/mol. The van der Waals surface area contributed by atoms with Crippen LogP contribution in [0.25, 0.3) is 5.65 Å². The molecule has 1 fully saturated rings. The molecule has 0 radical (unpaired) electrons. The summed E-state index contributed by atoms with van der Waals surface area (Å²) in [5.41, 5.74) is 2.63. The number of methoxy groups -OCH3 is 1. The minimum absolute atomic E-state index is 0.0703. The van der Waals surface area contributed by atoms with Gasteiger partial charge < -0.3 is 15.0 Å². The number of pyridine rings is 1. The highest BCUT2D eigenvalue weighted by molar-refractivity contribution is 5.95. The predicted molar refractivity (Wildman–Crippen MR) is 132 cm³/mol. The molecule has 3 heterocycles. The van der Waals surface area contributed by atoms with Crippen LogP contribution in [0.15, 0.2) is 54.7 Å². The van der Waals surface area contributed by atoms with Gasteiger partial charge in [0.1, 0.15) is 17.0 Å². The van der Waals surface area contributed by atoms with Gasteiger partial charge in [0, 0.05) is 32.3 Å². The third kappa shape index (κ3) is 5.30. The van der Waals surface area contributed by atoms with Gasteiger partial charge in [-0.2, -0.15) is 0 Å². The summed E-state index contributed by atoms with van der Waals surface area (Å²) in [7, 11) is 1.65. The second-order valence-corrected chi connectivity index (χ2v) is 9.46. The molecule has 0 spiro atoms. The van der Waals surface area contributed by atoms with Gasteiger partial charge in [-0.1, -0.05) is 50.2 Å². The van der Waals surface area contributed by atoms with E-state index in [9.17, 15) is 9.59 Å². The lowest BCUT2D eigenvalue weighted by Crippen LogP contribution is -2.38. The van der Waals surface area contributed by atoms with E-state index in [2.05, 4.69) is 36.3 Å². The molecule has 1 saturated heterocycles. The molecule has 2 atom stereocenters. The van der Waals surface area contributed by atoms with Crippen LogP contribution < -0.4 is 5.32 Å². The van der Waals surface area contributed by atoms with Gasteiger partial charge >= 0.3 is 0 Å². The van der Waals surface area contributed by atoms with Gasteiger partial charge in [-0.25, -0.2) is 4.98 Å². The number of likely N-dealkylation sites (tertiary alicyclic amines) is 1. The fourth-order valence-electron chi connectivity index (χ4n) is 4.85. The van der Waals surface area contributed by atoms with Crippen LogP contribution in [0.1, 0.15) is 65.6 Å². The lowest BCUT2D eigenvalue weighted by atomic mass is 9.90. The first kappa shape index (κ1) is 24.0. The number of rotatable bonds is 9. The Hall–Kier alpha value is -3.19. The standard InChI is InChI=1S/C27H34N4O3/c1-19(2)15-21(20-9-5-4-6-10-20)16-28-26(32)24-12-7-13-25-29-23(17-31(24)25)27(33)30-14-8-11-22(30)18-34-3/h4-7,9-10,12-13,17,19,21-22H,8,11,14-16,18H2,1-3H3,(H,28,32)/t21?,22-/m0/s1. The van der Waals surface area contributed by atoms with Gasteiger partial charge in [0.15, 0.2) is 0 Å². The quantitative estimate of drug-likeness (QED) is 0.518. The van der Waals surface area contributed by atoms with E-state index >= 15 is 0 Å². The summed E-state index contributed by atoms with van der Waals surface area (Å²) < 4.78 is 6.99. The number of ether oxygens (including phenoxy) is 1. The molecule has 0 bridgehead atoms. The van der Waals surface area contributed by atoms with E-state index in [-0.39, 0.29) is 23.8 Å². The summed E-state index contributed by atoms with van der Waals surface area (Å²) in [5.74, 6) is 0.457. The molecular weight excluding hydrogens is 428 g/mol. The summed E-state index contributed by atoms with van der Waals surface area (Å²) in [6.45, 7) is 6.15. The Morgan fingerprint density at radius 3 is 2.68 bits per heavy atom. The van der Waals surface area contributed by atoms with E-state index in [1.165, 1.54) is 5.56 Å². The van der Waals surface area contributed by atoms with Crippen molar-refractivity contribution in [1.29, 1.82) is 0 Å². The van der Waals surface area contributed by atoms with Crippen LogP contribution in [-0.2, 0) is 4.74 Å². The number of carbonyl (C=O) groups is 2. The summed E-state index contributed by atoms with van der Waals surface area (Å²) in [4.78, 5) is 32.7. The Morgan fingerprint density at radius 1 is 1.15 bits per heavy atom. The highest BCUT2D eigenvalue weighted by Gasteiger charge is 2.31. The first-order valence-corrected chi connectivity index (χ1v) is 12.1. The highest BCUT2D eigenvalue weighted by Crippen LogP contribution is 2.24. The van der Waals surface area contributed by atoms with E-state index < -0.39 is 0 Å². The maximum absolute atomic E-state index is 13.2. The number of hydrogen-bond acceptors (Lipinski definition) is 4. The van der Waals surface area contributed by atoms with E-state index in [0.29, 0.717) is 42.6 Å². The molecule has 7 nitrogen and oxygen atoms in total. The number of nitrogens with zero attached hydrogens (tertiary/aromatic N) is 3. The maximum Gasteiger partial charge on any atom is 0.274 e. The topological polar surface area (TPSA) is 75.9 Å². The molecule has 3 aromatic rings. The number of fused-ring (bicyclic) bond motifs is 1. The molecule has 2 amide bonds. The number of aromatic nitrogens is 2. The van der Waals surface area contributed by atoms with Crippen LogP contribution in [-0.4, -0.2) is 58.9 Å². The molecule has 7 heteroatoms. The lowest BCUT2D eigenvalue weighted by Gasteiger charge is -2.23. The van der Waals surface area contributed by atoms with Crippen molar-refractivity contribution in [2.75, 3.05) is 26.8 Å².